The van der Waals surface area contributed by atoms with Crippen LogP contribution in [0.5, 0.6) is 0 Å². The highest BCUT2D eigenvalue weighted by Gasteiger charge is 2.29. The maximum atomic E-state index is 12.5. The number of hydrogen-bond donors (Lipinski definition) is 0. The van der Waals surface area contributed by atoms with E-state index in [2.05, 4.69) is 29.9 Å². The molecule has 1 aliphatic heterocycles. The summed E-state index contributed by atoms with van der Waals surface area (Å²) in [5, 5.41) is 4.10. The summed E-state index contributed by atoms with van der Waals surface area (Å²) in [6.07, 6.45) is 10.3. The van der Waals surface area contributed by atoms with Crippen molar-refractivity contribution < 1.29 is 4.79 Å². The maximum Gasteiger partial charge on any atom is 0.243 e. The van der Waals surface area contributed by atoms with Crippen LogP contribution in [-0.4, -0.2) is 29.0 Å². The van der Waals surface area contributed by atoms with Gasteiger partial charge in [-0.2, -0.15) is 0 Å². The fourth-order valence-corrected chi connectivity index (χ4v) is 2.97. The van der Waals surface area contributed by atoms with Crippen LogP contribution in [0.25, 0.3) is 0 Å². The van der Waals surface area contributed by atoms with Crippen LogP contribution in [0, 0.1) is 0 Å². The Morgan fingerprint density at radius 1 is 1.09 bits per heavy atom. The Hall–Kier alpha value is -1.42. The number of fused-ring (bicyclic) bond motifs is 1. The highest BCUT2D eigenvalue weighted by Crippen LogP contribution is 2.27. The molecule has 4 heteroatoms. The Kier molecular flexibility index (Phi) is 6.84. The lowest BCUT2D eigenvalue weighted by molar-refractivity contribution is -0.122. The second kappa shape index (κ2) is 8.89. The smallest absolute Gasteiger partial charge is 0.243 e. The summed E-state index contributed by atoms with van der Waals surface area (Å²) in [6, 6.07) is 4.06. The Morgan fingerprint density at radius 2 is 1.77 bits per heavy atom. The fraction of sp³-hybridized carbons (Fsp3) is 0.667. The van der Waals surface area contributed by atoms with Crippen LogP contribution in [0.1, 0.15) is 64.4 Å². The molecule has 0 atom stereocenters. The third kappa shape index (κ3) is 4.29. The molecule has 0 fully saturated rings. The lowest BCUT2D eigenvalue weighted by Crippen LogP contribution is -2.50. The van der Waals surface area contributed by atoms with E-state index in [1.807, 2.05) is 11.1 Å². The Labute approximate surface area is 134 Å². The molecule has 22 heavy (non-hydrogen) atoms. The van der Waals surface area contributed by atoms with Gasteiger partial charge in [0.1, 0.15) is 0 Å². The molecule has 0 radical (unpaired) electrons. The van der Waals surface area contributed by atoms with Crippen molar-refractivity contribution in [2.45, 2.75) is 65.2 Å². The Balaban J connectivity index is 2.14. The van der Waals surface area contributed by atoms with Crippen LogP contribution in [0.4, 0.5) is 5.82 Å². The summed E-state index contributed by atoms with van der Waals surface area (Å²) in [4.78, 5) is 17.0. The molecule has 0 saturated carbocycles. The van der Waals surface area contributed by atoms with E-state index in [1.54, 1.807) is 6.20 Å². The minimum atomic E-state index is 0.194. The van der Waals surface area contributed by atoms with Gasteiger partial charge >= 0.3 is 0 Å². The molecule has 0 unspecified atom stereocenters. The summed E-state index contributed by atoms with van der Waals surface area (Å²) in [5.74, 6) is 1.05. The molecular weight excluding hydrogens is 274 g/mol. The first-order valence-electron chi connectivity index (χ1n) is 8.79. The van der Waals surface area contributed by atoms with Crippen LogP contribution >= 0.6 is 0 Å². The van der Waals surface area contributed by atoms with Gasteiger partial charge in [0.05, 0.1) is 0 Å². The molecule has 0 aromatic carbocycles. The first-order chi connectivity index (χ1) is 10.8. The normalized spacial score (nSPS) is 14.5. The molecular formula is C18H29N3O. The summed E-state index contributed by atoms with van der Waals surface area (Å²) in [6.45, 7) is 6.31. The Morgan fingerprint density at radius 3 is 2.41 bits per heavy atom. The van der Waals surface area contributed by atoms with Gasteiger partial charge in [0, 0.05) is 25.7 Å². The molecule has 0 aliphatic carbocycles. The van der Waals surface area contributed by atoms with E-state index in [-0.39, 0.29) is 5.91 Å². The second-order valence-electron chi connectivity index (χ2n) is 6.06. The van der Waals surface area contributed by atoms with Crippen molar-refractivity contribution in [2.75, 3.05) is 18.1 Å². The minimum absolute atomic E-state index is 0.194. The van der Waals surface area contributed by atoms with Crippen LogP contribution in [0.15, 0.2) is 18.3 Å². The van der Waals surface area contributed by atoms with E-state index in [9.17, 15) is 4.79 Å². The van der Waals surface area contributed by atoms with Gasteiger partial charge < -0.3 is 0 Å². The molecule has 0 N–H and O–H groups in total. The minimum Gasteiger partial charge on any atom is -0.273 e. The molecule has 2 heterocycles. The monoisotopic (exact) mass is 303 g/mol. The number of aryl methyl sites for hydroxylation is 1. The maximum absolute atomic E-state index is 12.5. The van der Waals surface area contributed by atoms with E-state index >= 15 is 0 Å². The number of unbranched alkanes of at least 4 members (excludes halogenated alkanes) is 4. The number of carbonyl (C=O) groups excluding carboxylic acids is 1. The van der Waals surface area contributed by atoms with Crippen LogP contribution in [0.2, 0.25) is 0 Å². The molecule has 122 valence electrons. The third-order valence-electron chi connectivity index (χ3n) is 4.23. The van der Waals surface area contributed by atoms with Crippen LogP contribution in [-0.2, 0) is 11.2 Å². The van der Waals surface area contributed by atoms with E-state index in [0.717, 1.165) is 38.2 Å². The van der Waals surface area contributed by atoms with Crippen molar-refractivity contribution in [3.63, 3.8) is 0 Å². The first-order valence-corrected chi connectivity index (χ1v) is 8.79. The topological polar surface area (TPSA) is 36.4 Å². The third-order valence-corrected chi connectivity index (χ3v) is 4.23. The fourth-order valence-electron chi connectivity index (χ4n) is 2.97. The molecule has 0 saturated heterocycles. The summed E-state index contributed by atoms with van der Waals surface area (Å²) in [7, 11) is 0. The Bertz CT molecular complexity index is 465. The van der Waals surface area contributed by atoms with E-state index in [1.165, 1.54) is 31.2 Å². The molecule has 4 nitrogen and oxygen atoms in total. The number of carbonyl (C=O) groups is 1. The average Bonchev–Trinajstić information content (AvgIpc) is 2.54. The average molecular weight is 303 g/mol. The lowest BCUT2D eigenvalue weighted by Gasteiger charge is -2.37. The van der Waals surface area contributed by atoms with Crippen molar-refractivity contribution in [1.29, 1.82) is 0 Å². The zero-order valence-corrected chi connectivity index (χ0v) is 14.1. The SMILES string of the molecule is CCCCCN(CCCCC)N1C(=O)CCc2cccnc21. The zero-order chi connectivity index (χ0) is 15.8. The predicted molar refractivity (Wildman–Crippen MR) is 90.7 cm³/mol. The quantitative estimate of drug-likeness (QED) is 0.648. The molecule has 2 rings (SSSR count). The summed E-state index contributed by atoms with van der Waals surface area (Å²) in [5.41, 5.74) is 1.19. The van der Waals surface area contributed by atoms with Crippen molar-refractivity contribution in [3.05, 3.63) is 23.9 Å². The molecule has 1 amide bonds. The number of rotatable bonds is 9. The van der Waals surface area contributed by atoms with Crippen molar-refractivity contribution in [2.24, 2.45) is 0 Å². The number of hydrogen-bond acceptors (Lipinski definition) is 3. The lowest BCUT2D eigenvalue weighted by atomic mass is 10.1. The van der Waals surface area contributed by atoms with Gasteiger partial charge in [-0.3, -0.25) is 4.79 Å². The number of hydrazine groups is 1. The van der Waals surface area contributed by atoms with E-state index in [4.69, 9.17) is 0 Å². The molecule has 1 aromatic rings. The van der Waals surface area contributed by atoms with Gasteiger partial charge in [-0.25, -0.2) is 15.0 Å². The largest absolute Gasteiger partial charge is 0.273 e. The number of amides is 1. The summed E-state index contributed by atoms with van der Waals surface area (Å²) < 4.78 is 0. The number of aromatic nitrogens is 1. The van der Waals surface area contributed by atoms with Gasteiger partial charge in [-0.1, -0.05) is 45.6 Å². The standard InChI is InChI=1S/C18H29N3O/c1-3-5-7-14-20(15-8-6-4-2)21-17(22)12-11-16-10-9-13-19-18(16)21/h9-10,13H,3-8,11-12,14-15H2,1-2H3. The van der Waals surface area contributed by atoms with Crippen molar-refractivity contribution >= 4 is 11.7 Å². The van der Waals surface area contributed by atoms with Crippen LogP contribution in [0.3, 0.4) is 0 Å². The number of pyridine rings is 1. The second-order valence-corrected chi connectivity index (χ2v) is 6.06. The number of nitrogens with zero attached hydrogens (tertiary/aromatic N) is 3. The van der Waals surface area contributed by atoms with Gasteiger partial charge in [0.15, 0.2) is 5.82 Å². The zero-order valence-electron chi connectivity index (χ0n) is 14.1. The van der Waals surface area contributed by atoms with Crippen LogP contribution < -0.4 is 5.01 Å². The van der Waals surface area contributed by atoms with Gasteiger partial charge in [-0.15, -0.1) is 0 Å². The highest BCUT2D eigenvalue weighted by molar-refractivity contribution is 5.94. The van der Waals surface area contributed by atoms with E-state index < -0.39 is 0 Å². The van der Waals surface area contributed by atoms with Gasteiger partial charge in [0.25, 0.3) is 0 Å². The van der Waals surface area contributed by atoms with Crippen molar-refractivity contribution in [1.82, 2.24) is 9.99 Å². The molecule has 1 aromatic heterocycles. The molecule has 1 aliphatic rings. The van der Waals surface area contributed by atoms with Gasteiger partial charge in [0.2, 0.25) is 5.91 Å². The molecule has 0 spiro atoms. The first kappa shape index (κ1) is 16.9. The number of anilines is 1. The molecule has 0 bridgehead atoms. The predicted octanol–water partition coefficient (Wildman–Crippen LogP) is 3.96. The van der Waals surface area contributed by atoms with Crippen molar-refractivity contribution in [3.8, 4) is 0 Å². The summed E-state index contributed by atoms with van der Waals surface area (Å²) >= 11 is 0. The highest BCUT2D eigenvalue weighted by atomic mass is 16.2. The van der Waals surface area contributed by atoms with Gasteiger partial charge in [-0.05, 0) is 30.9 Å². The van der Waals surface area contributed by atoms with E-state index in [0.29, 0.717) is 6.42 Å².